The first-order valence-electron chi connectivity index (χ1n) is 6.07. The number of hydrogen-bond donors (Lipinski definition) is 1. The van der Waals surface area contributed by atoms with Gasteiger partial charge in [0.2, 0.25) is 0 Å². The van der Waals surface area contributed by atoms with Crippen molar-refractivity contribution in [3.05, 3.63) is 72.3 Å². The molecule has 3 aromatic carbocycles. The molecule has 0 saturated carbocycles. The number of rotatable bonds is 2. The summed E-state index contributed by atoms with van der Waals surface area (Å²) < 4.78 is 0. The lowest BCUT2D eigenvalue weighted by Crippen LogP contribution is -1.95. The van der Waals surface area contributed by atoms with E-state index < -0.39 is 0 Å². The van der Waals surface area contributed by atoms with E-state index in [0.717, 1.165) is 16.5 Å². The smallest absolute Gasteiger partial charge is 0.0178 e. The lowest BCUT2D eigenvalue weighted by molar-refractivity contribution is 1.07. The first kappa shape index (κ1) is 11.0. The fourth-order valence-corrected chi connectivity index (χ4v) is 2.10. The average molecular weight is 232 g/mol. The number of nitrogens with two attached hydrogens (primary N) is 1. The van der Waals surface area contributed by atoms with Crippen LogP contribution in [0.25, 0.3) is 21.9 Å². The number of benzene rings is 3. The van der Waals surface area contributed by atoms with Gasteiger partial charge in [0.1, 0.15) is 0 Å². The van der Waals surface area contributed by atoms with E-state index in [1.54, 1.807) is 0 Å². The van der Waals surface area contributed by atoms with Gasteiger partial charge in [-0.2, -0.15) is 0 Å². The van der Waals surface area contributed by atoms with Crippen LogP contribution in [-0.4, -0.2) is 0 Å². The van der Waals surface area contributed by atoms with Crippen molar-refractivity contribution in [2.24, 2.45) is 5.73 Å². The second-order valence-electron chi connectivity index (χ2n) is 4.36. The normalized spacial score (nSPS) is 10.7. The SMILES string of the molecule is NCc1ccc(-c2[c]c3ccccc3cc2)cc1. The van der Waals surface area contributed by atoms with E-state index in [-0.39, 0.29) is 0 Å². The van der Waals surface area contributed by atoms with Crippen LogP contribution in [0.1, 0.15) is 5.56 Å². The first-order chi connectivity index (χ1) is 8.86. The molecule has 0 unspecified atom stereocenters. The number of fused-ring (bicyclic) bond motifs is 1. The molecular formula is C17H14N. The van der Waals surface area contributed by atoms with E-state index in [1.165, 1.54) is 10.9 Å². The van der Waals surface area contributed by atoms with Crippen LogP contribution in [0.4, 0.5) is 0 Å². The van der Waals surface area contributed by atoms with Crippen LogP contribution in [0.5, 0.6) is 0 Å². The Morgan fingerprint density at radius 1 is 0.833 bits per heavy atom. The Morgan fingerprint density at radius 3 is 2.39 bits per heavy atom. The highest BCUT2D eigenvalue weighted by atomic mass is 14.5. The van der Waals surface area contributed by atoms with Crippen LogP contribution >= 0.6 is 0 Å². The van der Waals surface area contributed by atoms with Crippen molar-refractivity contribution in [3.8, 4) is 11.1 Å². The molecule has 1 radical (unpaired) electrons. The van der Waals surface area contributed by atoms with Gasteiger partial charge in [0.05, 0.1) is 0 Å². The third-order valence-corrected chi connectivity index (χ3v) is 3.16. The average Bonchev–Trinajstić information content (AvgIpc) is 2.47. The molecule has 0 aromatic heterocycles. The van der Waals surface area contributed by atoms with Gasteiger partial charge in [-0.3, -0.25) is 0 Å². The lowest BCUT2D eigenvalue weighted by atomic mass is 10.0. The molecule has 0 heterocycles. The fourth-order valence-electron chi connectivity index (χ4n) is 2.10. The second kappa shape index (κ2) is 4.63. The molecule has 0 fully saturated rings. The zero-order valence-electron chi connectivity index (χ0n) is 10.1. The zero-order chi connectivity index (χ0) is 12.4. The molecule has 3 rings (SSSR count). The maximum absolute atomic E-state index is 5.61. The lowest BCUT2D eigenvalue weighted by Gasteiger charge is -2.04. The molecule has 2 N–H and O–H groups in total. The Labute approximate surface area is 107 Å². The summed E-state index contributed by atoms with van der Waals surface area (Å²) in [5, 5.41) is 2.37. The predicted molar refractivity (Wildman–Crippen MR) is 76.1 cm³/mol. The van der Waals surface area contributed by atoms with E-state index in [1.807, 2.05) is 12.1 Å². The van der Waals surface area contributed by atoms with Crippen molar-refractivity contribution >= 4 is 10.8 Å². The van der Waals surface area contributed by atoms with Gasteiger partial charge in [0.25, 0.3) is 0 Å². The largest absolute Gasteiger partial charge is 0.326 e. The van der Waals surface area contributed by atoms with E-state index in [2.05, 4.69) is 54.6 Å². The summed E-state index contributed by atoms with van der Waals surface area (Å²) in [6.45, 7) is 0.585. The van der Waals surface area contributed by atoms with Crippen LogP contribution in [0.3, 0.4) is 0 Å². The summed E-state index contributed by atoms with van der Waals surface area (Å²) in [5.74, 6) is 0. The summed E-state index contributed by atoms with van der Waals surface area (Å²) >= 11 is 0. The molecule has 18 heavy (non-hydrogen) atoms. The highest BCUT2D eigenvalue weighted by Gasteiger charge is 2.00. The maximum atomic E-state index is 5.61. The highest BCUT2D eigenvalue weighted by molar-refractivity contribution is 5.86. The minimum Gasteiger partial charge on any atom is -0.326 e. The summed E-state index contributed by atoms with van der Waals surface area (Å²) in [4.78, 5) is 0. The molecule has 0 spiro atoms. The van der Waals surface area contributed by atoms with Gasteiger partial charge in [-0.25, -0.2) is 0 Å². The Morgan fingerprint density at radius 2 is 1.61 bits per heavy atom. The molecule has 3 aromatic rings. The predicted octanol–water partition coefficient (Wildman–Crippen LogP) is 3.77. The Bertz CT molecular complexity index is 669. The van der Waals surface area contributed by atoms with Gasteiger partial charge in [-0.05, 0) is 33.5 Å². The third kappa shape index (κ3) is 2.01. The Kier molecular flexibility index (Phi) is 2.83. The van der Waals surface area contributed by atoms with E-state index in [9.17, 15) is 0 Å². The van der Waals surface area contributed by atoms with Crippen LogP contribution in [-0.2, 0) is 6.54 Å². The Hall–Kier alpha value is -2.12. The summed E-state index contributed by atoms with van der Waals surface area (Å²) in [6.07, 6.45) is 0. The minimum atomic E-state index is 0.585. The van der Waals surface area contributed by atoms with Gasteiger partial charge >= 0.3 is 0 Å². The second-order valence-corrected chi connectivity index (χ2v) is 4.36. The van der Waals surface area contributed by atoms with Gasteiger partial charge in [-0.1, -0.05) is 60.7 Å². The Balaban J connectivity index is 2.07. The monoisotopic (exact) mass is 232 g/mol. The number of hydrogen-bond acceptors (Lipinski definition) is 1. The molecule has 1 heteroatoms. The third-order valence-electron chi connectivity index (χ3n) is 3.16. The molecule has 0 saturated heterocycles. The van der Waals surface area contributed by atoms with Crippen LogP contribution in [0.15, 0.2) is 60.7 Å². The topological polar surface area (TPSA) is 26.0 Å². The van der Waals surface area contributed by atoms with Crippen molar-refractivity contribution in [2.45, 2.75) is 6.54 Å². The van der Waals surface area contributed by atoms with Gasteiger partial charge in [0, 0.05) is 6.54 Å². The quantitative estimate of drug-likeness (QED) is 0.715. The summed E-state index contributed by atoms with van der Waals surface area (Å²) in [5.41, 5.74) is 9.06. The molecule has 0 aliphatic rings. The zero-order valence-corrected chi connectivity index (χ0v) is 10.1. The molecule has 0 aliphatic carbocycles. The molecule has 0 aliphatic heterocycles. The minimum absolute atomic E-state index is 0.585. The van der Waals surface area contributed by atoms with Gasteiger partial charge in [0.15, 0.2) is 0 Å². The molecule has 0 amide bonds. The molecule has 1 nitrogen and oxygen atoms in total. The van der Waals surface area contributed by atoms with Crippen molar-refractivity contribution in [3.63, 3.8) is 0 Å². The highest BCUT2D eigenvalue weighted by Crippen LogP contribution is 2.23. The fraction of sp³-hybridized carbons (Fsp3) is 0.0588. The van der Waals surface area contributed by atoms with Crippen LogP contribution in [0.2, 0.25) is 0 Å². The van der Waals surface area contributed by atoms with Crippen molar-refractivity contribution in [2.75, 3.05) is 0 Å². The van der Waals surface area contributed by atoms with E-state index in [4.69, 9.17) is 5.73 Å². The first-order valence-corrected chi connectivity index (χ1v) is 6.07. The van der Waals surface area contributed by atoms with E-state index >= 15 is 0 Å². The maximum Gasteiger partial charge on any atom is 0.0178 e. The molecule has 87 valence electrons. The van der Waals surface area contributed by atoms with Crippen LogP contribution in [0, 0.1) is 6.07 Å². The molecule has 0 atom stereocenters. The van der Waals surface area contributed by atoms with E-state index in [0.29, 0.717) is 6.54 Å². The van der Waals surface area contributed by atoms with Gasteiger partial charge in [-0.15, -0.1) is 0 Å². The van der Waals surface area contributed by atoms with Crippen molar-refractivity contribution in [1.29, 1.82) is 0 Å². The van der Waals surface area contributed by atoms with Gasteiger partial charge < -0.3 is 5.73 Å². The standard InChI is InChI=1S/C17H14N/c18-12-13-5-7-15(8-6-13)17-10-9-14-3-1-2-4-16(14)11-17/h1-10H,12,18H2. The van der Waals surface area contributed by atoms with Crippen molar-refractivity contribution in [1.82, 2.24) is 0 Å². The molecule has 0 bridgehead atoms. The van der Waals surface area contributed by atoms with Crippen LogP contribution < -0.4 is 5.73 Å². The van der Waals surface area contributed by atoms with Crippen molar-refractivity contribution < 1.29 is 0 Å². The summed E-state index contributed by atoms with van der Waals surface area (Å²) in [6, 6.07) is 24.3. The molecular weight excluding hydrogens is 218 g/mol. The summed E-state index contributed by atoms with van der Waals surface area (Å²) in [7, 11) is 0.